The predicted molar refractivity (Wildman–Crippen MR) is 60.4 cm³/mol. The average Bonchev–Trinajstić information content (AvgIpc) is 2.00. The number of halogens is 1. The van der Waals surface area contributed by atoms with Crippen LogP contribution in [0.1, 0.15) is 41.0 Å². The molecule has 0 radical (unpaired) electrons. The minimum atomic E-state index is -3.21. The van der Waals surface area contributed by atoms with Gasteiger partial charge in [0.2, 0.25) is 5.48 Å². The molecule has 0 heterocycles. The molecule has 1 atom stereocenters. The lowest BCUT2D eigenvalue weighted by Crippen LogP contribution is -2.60. The van der Waals surface area contributed by atoms with E-state index in [0.717, 1.165) is 0 Å². The fourth-order valence-electron chi connectivity index (χ4n) is 1.43. The topological polar surface area (TPSA) is 38.7 Å². The van der Waals surface area contributed by atoms with Crippen LogP contribution in [-0.4, -0.2) is 31.4 Å². The van der Waals surface area contributed by atoms with Gasteiger partial charge < -0.3 is 14.0 Å². The summed E-state index contributed by atoms with van der Waals surface area (Å²) in [7, 11) is -3.21. The van der Waals surface area contributed by atoms with Gasteiger partial charge in [-0.3, -0.25) is 0 Å². The quantitative estimate of drug-likeness (QED) is 0.723. The highest BCUT2D eigenvalue weighted by Crippen LogP contribution is 2.30. The van der Waals surface area contributed by atoms with Crippen LogP contribution in [0.3, 0.4) is 0 Å². The van der Waals surface area contributed by atoms with Gasteiger partial charge in [-0.25, -0.2) is 4.39 Å². The molecule has 1 unspecified atom stereocenters. The molecule has 0 aliphatic rings. The van der Waals surface area contributed by atoms with Crippen LogP contribution in [0.15, 0.2) is 0 Å². The Kier molecular flexibility index (Phi) is 5.39. The Balaban J connectivity index is 4.84. The number of hydrogen-bond acceptors (Lipinski definition) is 3. The van der Waals surface area contributed by atoms with Gasteiger partial charge in [0.25, 0.3) is 0 Å². The van der Waals surface area contributed by atoms with Crippen LogP contribution in [-0.2, 0) is 8.85 Å². The predicted octanol–water partition coefficient (Wildman–Crippen LogP) is 2.52. The maximum Gasteiger partial charge on any atom is 0.403 e. The summed E-state index contributed by atoms with van der Waals surface area (Å²) in [5.74, 6) is 0. The first-order chi connectivity index (χ1) is 6.64. The highest BCUT2D eigenvalue weighted by atomic mass is 28.4. The van der Waals surface area contributed by atoms with E-state index in [4.69, 9.17) is 8.85 Å². The third-order valence-electron chi connectivity index (χ3n) is 2.09. The number of alkyl halides is 1. The van der Waals surface area contributed by atoms with E-state index in [2.05, 4.69) is 0 Å². The van der Waals surface area contributed by atoms with Gasteiger partial charge in [0, 0.05) is 18.6 Å². The van der Waals surface area contributed by atoms with Crippen molar-refractivity contribution in [1.29, 1.82) is 0 Å². The van der Waals surface area contributed by atoms with Crippen LogP contribution in [0, 0.1) is 0 Å². The highest BCUT2D eigenvalue weighted by Gasteiger charge is 2.55. The van der Waals surface area contributed by atoms with Crippen molar-refractivity contribution in [2.45, 2.75) is 65.3 Å². The Hall–Kier alpha value is 0.0269. The van der Waals surface area contributed by atoms with E-state index < -0.39 is 14.0 Å². The summed E-state index contributed by atoms with van der Waals surface area (Å²) in [5, 5.41) is 9.69. The summed E-state index contributed by atoms with van der Waals surface area (Å²) in [6, 6.07) is 0. The fraction of sp³-hybridized carbons (Fsp3) is 1.00. The Morgan fingerprint density at radius 1 is 1.20 bits per heavy atom. The molecule has 0 saturated heterocycles. The van der Waals surface area contributed by atoms with Crippen LogP contribution in [0.5, 0.6) is 0 Å². The molecule has 92 valence electrons. The van der Waals surface area contributed by atoms with Crippen molar-refractivity contribution >= 4 is 8.56 Å². The Bertz CT molecular complexity index is 185. The molecule has 0 bridgehead atoms. The molecule has 0 amide bonds. The second-order valence-corrected chi connectivity index (χ2v) is 7.52. The molecule has 0 rings (SSSR count). The Labute approximate surface area is 92.8 Å². The number of aliphatic hydroxyl groups is 1. The minimum Gasteiger partial charge on any atom is -0.389 e. The molecule has 0 aromatic carbocycles. The molecule has 0 aromatic rings. The summed E-state index contributed by atoms with van der Waals surface area (Å²) in [6.45, 7) is 10.4. The molecular formula is C10H23FO3Si. The monoisotopic (exact) mass is 238 g/mol. The fourth-order valence-corrected chi connectivity index (χ4v) is 4.29. The molecular weight excluding hydrogens is 215 g/mol. The molecule has 0 aliphatic carbocycles. The van der Waals surface area contributed by atoms with E-state index in [1.54, 1.807) is 41.2 Å². The van der Waals surface area contributed by atoms with Crippen LogP contribution >= 0.6 is 0 Å². The van der Waals surface area contributed by atoms with Crippen molar-refractivity contribution in [1.82, 2.24) is 0 Å². The second-order valence-electron chi connectivity index (χ2n) is 4.39. The second kappa shape index (κ2) is 5.38. The van der Waals surface area contributed by atoms with Gasteiger partial charge in [0.1, 0.15) is 0 Å². The van der Waals surface area contributed by atoms with Crippen molar-refractivity contribution in [3.05, 3.63) is 0 Å². The number of hydrogen-bond donors (Lipinski definition) is 1. The summed E-state index contributed by atoms with van der Waals surface area (Å²) < 4.78 is 24.9. The third-order valence-corrected chi connectivity index (χ3v) is 5.67. The van der Waals surface area contributed by atoms with Crippen molar-refractivity contribution in [2.24, 2.45) is 0 Å². The summed E-state index contributed by atoms with van der Waals surface area (Å²) in [5.41, 5.74) is -2.35. The van der Waals surface area contributed by atoms with Gasteiger partial charge >= 0.3 is 8.56 Å². The highest BCUT2D eigenvalue weighted by molar-refractivity contribution is 6.68. The first-order valence-electron chi connectivity index (χ1n) is 5.41. The van der Waals surface area contributed by atoms with Crippen molar-refractivity contribution < 1.29 is 18.3 Å². The van der Waals surface area contributed by atoms with Gasteiger partial charge in [-0.05, 0) is 34.2 Å². The van der Waals surface area contributed by atoms with Crippen molar-refractivity contribution in [2.75, 3.05) is 0 Å². The van der Waals surface area contributed by atoms with E-state index in [1.807, 2.05) is 0 Å². The number of rotatable bonds is 6. The first-order valence-corrected chi connectivity index (χ1v) is 7.73. The zero-order chi connectivity index (χ0) is 12.3. The van der Waals surface area contributed by atoms with Crippen LogP contribution < -0.4 is 0 Å². The molecule has 15 heavy (non-hydrogen) atoms. The first kappa shape index (κ1) is 15.0. The average molecular weight is 238 g/mol. The van der Waals surface area contributed by atoms with Crippen LogP contribution in [0.2, 0.25) is 6.55 Å². The van der Waals surface area contributed by atoms with Crippen LogP contribution in [0.4, 0.5) is 4.39 Å². The molecule has 0 saturated carbocycles. The van der Waals surface area contributed by atoms with Crippen LogP contribution in [0.25, 0.3) is 0 Å². The summed E-state index contributed by atoms with van der Waals surface area (Å²) in [6.07, 6.45) is -0.335. The smallest absolute Gasteiger partial charge is 0.389 e. The zero-order valence-corrected chi connectivity index (χ0v) is 11.5. The standard InChI is InChI=1S/C10H23FO3Si/c1-7-10(11,12)15(6,13-8(2)3)14-9(4)5/h8-9,12H,7H2,1-6H3. The summed E-state index contributed by atoms with van der Waals surface area (Å²) in [4.78, 5) is 0. The molecule has 0 aromatic heterocycles. The molecule has 1 N–H and O–H groups in total. The van der Waals surface area contributed by atoms with E-state index in [-0.39, 0.29) is 18.6 Å². The molecule has 3 nitrogen and oxygen atoms in total. The summed E-state index contributed by atoms with van der Waals surface area (Å²) >= 11 is 0. The Morgan fingerprint density at radius 2 is 1.53 bits per heavy atom. The lowest BCUT2D eigenvalue weighted by Gasteiger charge is -2.37. The van der Waals surface area contributed by atoms with Gasteiger partial charge in [0.15, 0.2) is 0 Å². The normalized spacial score (nSPS) is 17.2. The maximum atomic E-state index is 14.0. The lowest BCUT2D eigenvalue weighted by molar-refractivity contribution is -0.0772. The Morgan fingerprint density at radius 3 is 1.73 bits per heavy atom. The van der Waals surface area contributed by atoms with Gasteiger partial charge in [0.05, 0.1) is 0 Å². The zero-order valence-electron chi connectivity index (χ0n) is 10.5. The molecule has 0 aliphatic heterocycles. The minimum absolute atomic E-state index is 0.0187. The molecule has 5 heteroatoms. The van der Waals surface area contributed by atoms with Gasteiger partial charge in [-0.1, -0.05) is 6.92 Å². The van der Waals surface area contributed by atoms with Gasteiger partial charge in [-0.15, -0.1) is 0 Å². The van der Waals surface area contributed by atoms with E-state index in [1.165, 1.54) is 0 Å². The third kappa shape index (κ3) is 4.18. The molecule has 0 spiro atoms. The maximum absolute atomic E-state index is 14.0. The van der Waals surface area contributed by atoms with Crippen molar-refractivity contribution in [3.8, 4) is 0 Å². The lowest BCUT2D eigenvalue weighted by atomic mass is 10.5. The van der Waals surface area contributed by atoms with E-state index >= 15 is 0 Å². The van der Waals surface area contributed by atoms with Crippen molar-refractivity contribution in [3.63, 3.8) is 0 Å². The van der Waals surface area contributed by atoms with E-state index in [9.17, 15) is 9.50 Å². The largest absolute Gasteiger partial charge is 0.403 e. The van der Waals surface area contributed by atoms with Gasteiger partial charge in [-0.2, -0.15) is 0 Å². The SMILES string of the molecule is CCC(O)(F)[Si](C)(OC(C)C)OC(C)C. The molecule has 0 fully saturated rings. The van der Waals surface area contributed by atoms with E-state index in [0.29, 0.717) is 0 Å².